The highest BCUT2D eigenvalue weighted by atomic mass is 16.6. The Kier molecular flexibility index (Phi) is 7.31. The maximum atomic E-state index is 10.8. The number of nitro benzene ring substituents is 2. The highest BCUT2D eigenvalue weighted by Gasteiger charge is 2.08. The fraction of sp³-hybridized carbons (Fsp3) is 0.136. The number of hydrogen-bond acceptors (Lipinski definition) is 8. The van der Waals surface area contributed by atoms with Crippen LogP contribution in [0.1, 0.15) is 18.1 Å². The molecule has 3 aromatic carbocycles. The second-order valence-corrected chi connectivity index (χ2v) is 6.53. The molecule has 0 aliphatic rings. The first-order valence-corrected chi connectivity index (χ1v) is 9.63. The molecule has 0 unspecified atom stereocenters. The van der Waals surface area contributed by atoms with Crippen LogP contribution in [0, 0.1) is 20.2 Å². The fourth-order valence-corrected chi connectivity index (χ4v) is 2.71. The first-order valence-electron chi connectivity index (χ1n) is 9.63. The number of anilines is 1. The highest BCUT2D eigenvalue weighted by molar-refractivity contribution is 5.81. The number of nitrogens with one attached hydrogen (secondary N) is 1. The third-order valence-corrected chi connectivity index (χ3v) is 4.29. The molecular weight excluding hydrogens is 416 g/mol. The van der Waals surface area contributed by atoms with E-state index in [1.165, 1.54) is 24.3 Å². The number of ether oxygens (including phenoxy) is 2. The van der Waals surface area contributed by atoms with Crippen molar-refractivity contribution in [2.24, 2.45) is 5.10 Å². The van der Waals surface area contributed by atoms with Gasteiger partial charge in [0.05, 0.1) is 28.4 Å². The van der Waals surface area contributed by atoms with Crippen molar-refractivity contribution in [1.82, 2.24) is 0 Å². The quantitative estimate of drug-likeness (QED) is 0.271. The summed E-state index contributed by atoms with van der Waals surface area (Å²) in [5.41, 5.74) is 4.99. The molecule has 0 aromatic heterocycles. The molecule has 10 nitrogen and oxygen atoms in total. The molecule has 0 radical (unpaired) electrons. The standard InChI is InChI=1S/C22H20N4O6/c1-2-31-22-13-17(14-23-24-18-6-10-20(11-7-18)26(29)30)5-12-21(22)32-15-16-3-8-19(9-4-16)25(27)28/h3-14,24H,2,15H2,1H3/b23-14+. The zero-order chi connectivity index (χ0) is 22.9. The van der Waals surface area contributed by atoms with Crippen molar-refractivity contribution >= 4 is 23.3 Å². The van der Waals surface area contributed by atoms with Gasteiger partial charge in [-0.2, -0.15) is 5.10 Å². The lowest BCUT2D eigenvalue weighted by atomic mass is 10.2. The van der Waals surface area contributed by atoms with Crippen LogP contribution in [0.25, 0.3) is 0 Å². The van der Waals surface area contributed by atoms with E-state index in [1.807, 2.05) is 6.92 Å². The van der Waals surface area contributed by atoms with Crippen molar-refractivity contribution < 1.29 is 19.3 Å². The van der Waals surface area contributed by atoms with Gasteiger partial charge in [-0.15, -0.1) is 0 Å². The SMILES string of the molecule is CCOc1cc(/C=N/Nc2ccc([N+](=O)[O-])cc2)ccc1OCc1ccc([N+](=O)[O-])cc1. The van der Waals surface area contributed by atoms with Crippen LogP contribution in [0.5, 0.6) is 11.5 Å². The Morgan fingerprint density at radius 1 is 0.875 bits per heavy atom. The van der Waals surface area contributed by atoms with Crippen molar-refractivity contribution in [3.05, 3.63) is 98.1 Å². The molecule has 1 N–H and O–H groups in total. The lowest BCUT2D eigenvalue weighted by Gasteiger charge is -2.12. The van der Waals surface area contributed by atoms with Crippen LogP contribution in [0.15, 0.2) is 71.8 Å². The molecule has 0 saturated heterocycles. The molecule has 3 rings (SSSR count). The molecule has 10 heteroatoms. The van der Waals surface area contributed by atoms with E-state index in [-0.39, 0.29) is 18.0 Å². The van der Waals surface area contributed by atoms with Gasteiger partial charge in [0.25, 0.3) is 11.4 Å². The molecule has 0 spiro atoms. The Morgan fingerprint density at radius 3 is 2.09 bits per heavy atom. The summed E-state index contributed by atoms with van der Waals surface area (Å²) in [5, 5.41) is 25.6. The lowest BCUT2D eigenvalue weighted by molar-refractivity contribution is -0.385. The molecule has 0 atom stereocenters. The fourth-order valence-electron chi connectivity index (χ4n) is 2.71. The Morgan fingerprint density at radius 2 is 1.50 bits per heavy atom. The van der Waals surface area contributed by atoms with Gasteiger partial charge >= 0.3 is 0 Å². The minimum Gasteiger partial charge on any atom is -0.490 e. The van der Waals surface area contributed by atoms with Crippen LogP contribution in [0.3, 0.4) is 0 Å². The third-order valence-electron chi connectivity index (χ3n) is 4.29. The predicted octanol–water partition coefficient (Wildman–Crippen LogP) is 4.93. The number of rotatable bonds is 10. The summed E-state index contributed by atoms with van der Waals surface area (Å²) < 4.78 is 11.5. The largest absolute Gasteiger partial charge is 0.490 e. The molecule has 0 aliphatic carbocycles. The smallest absolute Gasteiger partial charge is 0.269 e. The Hall–Kier alpha value is -4.47. The zero-order valence-corrected chi connectivity index (χ0v) is 17.1. The summed E-state index contributed by atoms with van der Waals surface area (Å²) in [6.07, 6.45) is 1.59. The van der Waals surface area contributed by atoms with Crippen molar-refractivity contribution in [2.75, 3.05) is 12.0 Å². The molecule has 0 saturated carbocycles. The van der Waals surface area contributed by atoms with Crippen LogP contribution < -0.4 is 14.9 Å². The van der Waals surface area contributed by atoms with E-state index in [1.54, 1.807) is 48.7 Å². The molecule has 0 bridgehead atoms. The number of nitro groups is 2. The summed E-state index contributed by atoms with van der Waals surface area (Å²) in [4.78, 5) is 20.5. The third kappa shape index (κ3) is 6.02. The summed E-state index contributed by atoms with van der Waals surface area (Å²) in [6, 6.07) is 17.4. The summed E-state index contributed by atoms with van der Waals surface area (Å²) in [6.45, 7) is 2.53. The van der Waals surface area contributed by atoms with Crippen LogP contribution in [-0.2, 0) is 6.61 Å². The van der Waals surface area contributed by atoms with E-state index in [4.69, 9.17) is 9.47 Å². The van der Waals surface area contributed by atoms with Gasteiger partial charge < -0.3 is 9.47 Å². The van der Waals surface area contributed by atoms with Gasteiger partial charge in [0, 0.05) is 24.3 Å². The molecule has 0 amide bonds. The van der Waals surface area contributed by atoms with Gasteiger partial charge in [0.15, 0.2) is 11.5 Å². The second-order valence-electron chi connectivity index (χ2n) is 6.53. The highest BCUT2D eigenvalue weighted by Crippen LogP contribution is 2.29. The van der Waals surface area contributed by atoms with E-state index < -0.39 is 9.85 Å². The minimum atomic E-state index is -0.465. The summed E-state index contributed by atoms with van der Waals surface area (Å²) >= 11 is 0. The van der Waals surface area contributed by atoms with Gasteiger partial charge in [0.1, 0.15) is 6.61 Å². The van der Waals surface area contributed by atoms with Crippen LogP contribution in [0.4, 0.5) is 17.1 Å². The van der Waals surface area contributed by atoms with Crippen LogP contribution in [-0.4, -0.2) is 22.7 Å². The van der Waals surface area contributed by atoms with E-state index in [2.05, 4.69) is 10.5 Å². The maximum Gasteiger partial charge on any atom is 0.269 e. The van der Waals surface area contributed by atoms with Crippen molar-refractivity contribution in [2.45, 2.75) is 13.5 Å². The topological polar surface area (TPSA) is 129 Å². The van der Waals surface area contributed by atoms with Crippen molar-refractivity contribution in [1.29, 1.82) is 0 Å². The maximum absolute atomic E-state index is 10.8. The number of hydrogen-bond donors (Lipinski definition) is 1. The van der Waals surface area contributed by atoms with Gasteiger partial charge in [0.2, 0.25) is 0 Å². The van der Waals surface area contributed by atoms with Crippen LogP contribution in [0.2, 0.25) is 0 Å². The molecule has 0 fully saturated rings. The van der Waals surface area contributed by atoms with E-state index in [0.717, 1.165) is 11.1 Å². The Labute approximate surface area is 183 Å². The normalized spacial score (nSPS) is 10.7. The van der Waals surface area contributed by atoms with E-state index in [0.29, 0.717) is 23.8 Å². The Balaban J connectivity index is 1.64. The molecule has 0 heterocycles. The zero-order valence-electron chi connectivity index (χ0n) is 17.1. The minimum absolute atomic E-state index is 0.00482. The number of non-ortho nitro benzene ring substituents is 2. The molecule has 32 heavy (non-hydrogen) atoms. The van der Waals surface area contributed by atoms with Gasteiger partial charge in [-0.1, -0.05) is 0 Å². The molecular formula is C22H20N4O6. The number of hydrazone groups is 1. The van der Waals surface area contributed by atoms with Gasteiger partial charge in [-0.25, -0.2) is 0 Å². The average molecular weight is 436 g/mol. The molecule has 0 aliphatic heterocycles. The van der Waals surface area contributed by atoms with Crippen molar-refractivity contribution in [3.8, 4) is 11.5 Å². The monoisotopic (exact) mass is 436 g/mol. The number of benzene rings is 3. The first kappa shape index (κ1) is 22.2. The van der Waals surface area contributed by atoms with E-state index >= 15 is 0 Å². The van der Waals surface area contributed by atoms with E-state index in [9.17, 15) is 20.2 Å². The predicted molar refractivity (Wildman–Crippen MR) is 119 cm³/mol. The van der Waals surface area contributed by atoms with Gasteiger partial charge in [-0.05, 0) is 60.5 Å². The summed E-state index contributed by atoms with van der Waals surface area (Å²) in [7, 11) is 0. The van der Waals surface area contributed by atoms with Crippen molar-refractivity contribution in [3.63, 3.8) is 0 Å². The van der Waals surface area contributed by atoms with Crippen LogP contribution >= 0.6 is 0 Å². The Bertz CT molecular complexity index is 1110. The number of nitrogens with zero attached hydrogens (tertiary/aromatic N) is 3. The average Bonchev–Trinajstić information content (AvgIpc) is 2.79. The van der Waals surface area contributed by atoms with Gasteiger partial charge in [-0.3, -0.25) is 25.7 Å². The lowest BCUT2D eigenvalue weighted by Crippen LogP contribution is -2.01. The summed E-state index contributed by atoms with van der Waals surface area (Å²) in [5.74, 6) is 1.07. The first-order chi connectivity index (χ1) is 15.5. The molecule has 164 valence electrons. The second kappa shape index (κ2) is 10.5. The molecule has 3 aromatic rings.